The van der Waals surface area contributed by atoms with Gasteiger partial charge in [-0.1, -0.05) is 69.0 Å². The highest BCUT2D eigenvalue weighted by atomic mass is 32.2. The molecule has 3 aromatic rings. The maximum Gasteiger partial charge on any atom is 0.219 e. The molecule has 1 aromatic carbocycles. The number of benzene rings is 1. The van der Waals surface area contributed by atoms with Crippen molar-refractivity contribution in [2.45, 2.75) is 69.9 Å². The maximum atomic E-state index is 13.9. The average Bonchev–Trinajstić information content (AvgIpc) is 3.41. The van der Waals surface area contributed by atoms with E-state index in [0.29, 0.717) is 40.2 Å². The van der Waals surface area contributed by atoms with Crippen molar-refractivity contribution >= 4 is 34.0 Å². The minimum Gasteiger partial charge on any atom is -0.384 e. The first kappa shape index (κ1) is 26.2. The summed E-state index contributed by atoms with van der Waals surface area (Å²) in [6, 6.07) is 12.2. The van der Waals surface area contributed by atoms with Gasteiger partial charge in [-0.05, 0) is 37.8 Å². The number of nitrogens with zero attached hydrogens (tertiary/aromatic N) is 6. The summed E-state index contributed by atoms with van der Waals surface area (Å²) in [5.74, 6) is -0.269. The number of carbonyl (C=O) groups excluding carboxylic acids is 1. The van der Waals surface area contributed by atoms with Crippen LogP contribution in [0.5, 0.6) is 0 Å². The van der Waals surface area contributed by atoms with Crippen LogP contribution < -0.4 is 10.6 Å². The zero-order chi connectivity index (χ0) is 27.4. The van der Waals surface area contributed by atoms with E-state index < -0.39 is 5.92 Å². The Hall–Kier alpha value is -3.42. The molecular formula is C28H31N7OS2. The van der Waals surface area contributed by atoms with E-state index in [-0.39, 0.29) is 11.2 Å². The molecule has 38 heavy (non-hydrogen) atoms. The summed E-state index contributed by atoms with van der Waals surface area (Å²) in [6.07, 6.45) is 1.02. The molecule has 0 saturated carbocycles. The van der Waals surface area contributed by atoms with Crippen molar-refractivity contribution in [1.82, 2.24) is 20.0 Å². The van der Waals surface area contributed by atoms with Gasteiger partial charge < -0.3 is 5.73 Å². The SMILES string of the molecule is Cc1nn(-c2ccccc2)c(C)c1C1C(C#N)=C(N)N(c2nnc(SC(C)C)s2)C2=C1C(=O)CC(C)(C)C2. The number of hydrogen-bond donors (Lipinski definition) is 1. The number of hydrogen-bond acceptors (Lipinski definition) is 9. The Bertz CT molecular complexity index is 1520. The number of ketones is 1. The van der Waals surface area contributed by atoms with Crippen LogP contribution >= 0.6 is 23.1 Å². The molecule has 0 amide bonds. The molecular weight excluding hydrogens is 514 g/mol. The van der Waals surface area contributed by atoms with E-state index >= 15 is 0 Å². The normalized spacial score (nSPS) is 19.3. The third-order valence-corrected chi connectivity index (χ3v) is 8.94. The lowest BCUT2D eigenvalue weighted by atomic mass is 9.68. The van der Waals surface area contributed by atoms with Crippen LogP contribution in [0.25, 0.3) is 5.69 Å². The first-order valence-corrected chi connectivity index (χ1v) is 14.3. The Morgan fingerprint density at radius 2 is 1.89 bits per heavy atom. The zero-order valence-corrected chi connectivity index (χ0v) is 24.1. The topological polar surface area (TPSA) is 114 Å². The fourth-order valence-corrected chi connectivity index (χ4v) is 7.56. The Balaban J connectivity index is 1.73. The lowest BCUT2D eigenvalue weighted by molar-refractivity contribution is -0.118. The highest BCUT2D eigenvalue weighted by Crippen LogP contribution is 2.51. The number of anilines is 1. The Morgan fingerprint density at radius 1 is 1.18 bits per heavy atom. The van der Waals surface area contributed by atoms with Crippen LogP contribution in [0, 0.1) is 30.6 Å². The van der Waals surface area contributed by atoms with Crippen molar-refractivity contribution in [3.05, 3.63) is 69.9 Å². The van der Waals surface area contributed by atoms with Gasteiger partial charge in [-0.25, -0.2) is 4.68 Å². The number of aromatic nitrogens is 4. The second kappa shape index (κ2) is 9.71. The molecule has 0 bridgehead atoms. The van der Waals surface area contributed by atoms with Crippen LogP contribution in [-0.4, -0.2) is 31.0 Å². The molecule has 0 saturated heterocycles. The molecule has 10 heteroatoms. The number of rotatable bonds is 5. The lowest BCUT2D eigenvalue weighted by Gasteiger charge is -2.42. The van der Waals surface area contributed by atoms with Crippen LogP contribution in [0.1, 0.15) is 63.4 Å². The van der Waals surface area contributed by atoms with E-state index in [1.807, 2.05) is 48.9 Å². The predicted molar refractivity (Wildman–Crippen MR) is 151 cm³/mol. The summed E-state index contributed by atoms with van der Waals surface area (Å²) in [5.41, 5.74) is 11.7. The van der Waals surface area contributed by atoms with Crippen LogP contribution in [0.4, 0.5) is 5.13 Å². The Morgan fingerprint density at radius 3 is 2.55 bits per heavy atom. The van der Waals surface area contributed by atoms with E-state index in [1.54, 1.807) is 16.7 Å². The number of carbonyl (C=O) groups is 1. The number of nitriles is 1. The second-order valence-electron chi connectivity index (χ2n) is 10.8. The third kappa shape index (κ3) is 4.44. The van der Waals surface area contributed by atoms with Gasteiger partial charge in [0.1, 0.15) is 5.82 Å². The minimum absolute atomic E-state index is 0.0269. The molecule has 1 aliphatic carbocycles. The molecule has 2 N–H and O–H groups in total. The first-order valence-electron chi connectivity index (χ1n) is 12.6. The number of allylic oxidation sites excluding steroid dienone is 3. The van der Waals surface area contributed by atoms with E-state index in [0.717, 1.165) is 32.7 Å². The predicted octanol–water partition coefficient (Wildman–Crippen LogP) is 5.78. The number of thioether (sulfide) groups is 1. The van der Waals surface area contributed by atoms with E-state index in [9.17, 15) is 10.1 Å². The number of nitrogens with two attached hydrogens (primary N) is 1. The zero-order valence-electron chi connectivity index (χ0n) is 22.4. The van der Waals surface area contributed by atoms with Crippen LogP contribution in [0.3, 0.4) is 0 Å². The average molecular weight is 546 g/mol. The van der Waals surface area contributed by atoms with Gasteiger partial charge in [0.05, 0.1) is 28.9 Å². The second-order valence-corrected chi connectivity index (χ2v) is 13.6. The van der Waals surface area contributed by atoms with Crippen molar-refractivity contribution in [3.63, 3.8) is 0 Å². The molecule has 1 aliphatic heterocycles. The summed E-state index contributed by atoms with van der Waals surface area (Å²) in [7, 11) is 0. The quantitative estimate of drug-likeness (QED) is 0.401. The van der Waals surface area contributed by atoms with Gasteiger partial charge in [-0.3, -0.25) is 9.69 Å². The summed E-state index contributed by atoms with van der Waals surface area (Å²) in [5, 5.41) is 25.0. The Labute approximate surface area is 231 Å². The van der Waals surface area contributed by atoms with Crippen LogP contribution in [0.15, 0.2) is 57.3 Å². The molecule has 3 heterocycles. The van der Waals surface area contributed by atoms with E-state index in [1.165, 1.54) is 11.3 Å². The molecule has 5 rings (SSSR count). The van der Waals surface area contributed by atoms with Gasteiger partial charge in [-0.2, -0.15) is 10.4 Å². The highest BCUT2D eigenvalue weighted by molar-refractivity contribution is 8.01. The van der Waals surface area contributed by atoms with Gasteiger partial charge in [0.15, 0.2) is 10.1 Å². The molecule has 1 atom stereocenters. The Kier molecular flexibility index (Phi) is 6.70. The van der Waals surface area contributed by atoms with Crippen molar-refractivity contribution in [3.8, 4) is 11.8 Å². The summed E-state index contributed by atoms with van der Waals surface area (Å²) in [6.45, 7) is 12.3. The molecule has 196 valence electrons. The minimum atomic E-state index is -0.593. The van der Waals surface area contributed by atoms with Crippen molar-refractivity contribution < 1.29 is 4.79 Å². The lowest BCUT2D eigenvalue weighted by Crippen LogP contribution is -2.42. The van der Waals surface area contributed by atoms with E-state index in [4.69, 9.17) is 10.8 Å². The number of Topliss-reactive ketones (excluding diaryl/α,β-unsaturated/α-hetero) is 1. The maximum absolute atomic E-state index is 13.9. The monoisotopic (exact) mass is 545 g/mol. The van der Waals surface area contributed by atoms with Gasteiger partial charge in [0.2, 0.25) is 5.13 Å². The molecule has 0 fully saturated rings. The molecule has 0 spiro atoms. The van der Waals surface area contributed by atoms with E-state index in [2.05, 4.69) is 44.0 Å². The third-order valence-electron chi connectivity index (χ3n) is 6.94. The largest absolute Gasteiger partial charge is 0.384 e. The molecule has 1 unspecified atom stereocenters. The van der Waals surface area contributed by atoms with Gasteiger partial charge in [-0.15, -0.1) is 10.2 Å². The van der Waals surface area contributed by atoms with Gasteiger partial charge in [0.25, 0.3) is 0 Å². The standard InChI is InChI=1S/C28H31N7OS2/c1-15(2)37-27-32-31-26(38-27)34-20-12-28(5,6)13-21(36)24(20)23(19(14-29)25(34)30)22-16(3)33-35(17(22)4)18-10-8-7-9-11-18/h7-11,15,23H,12-13,30H2,1-6H3. The first-order chi connectivity index (χ1) is 18.0. The fraction of sp³-hybridized carbons (Fsp3) is 0.393. The highest BCUT2D eigenvalue weighted by Gasteiger charge is 2.46. The van der Waals surface area contributed by atoms with Crippen molar-refractivity contribution in [2.75, 3.05) is 4.90 Å². The summed E-state index contributed by atoms with van der Waals surface area (Å²) < 4.78 is 2.70. The van der Waals surface area contributed by atoms with Gasteiger partial charge in [0, 0.05) is 34.2 Å². The van der Waals surface area contributed by atoms with Crippen LogP contribution in [-0.2, 0) is 4.79 Å². The van der Waals surface area contributed by atoms with Crippen LogP contribution in [0.2, 0.25) is 0 Å². The number of para-hydroxylation sites is 1. The number of aryl methyl sites for hydroxylation is 1. The molecule has 8 nitrogen and oxygen atoms in total. The summed E-state index contributed by atoms with van der Waals surface area (Å²) in [4.78, 5) is 15.7. The smallest absolute Gasteiger partial charge is 0.219 e. The van der Waals surface area contributed by atoms with Crippen molar-refractivity contribution in [1.29, 1.82) is 5.26 Å². The molecule has 2 aliphatic rings. The van der Waals surface area contributed by atoms with Gasteiger partial charge >= 0.3 is 0 Å². The fourth-order valence-electron chi connectivity index (χ4n) is 5.45. The molecule has 2 aromatic heterocycles. The molecule has 0 radical (unpaired) electrons. The summed E-state index contributed by atoms with van der Waals surface area (Å²) >= 11 is 3.05. The van der Waals surface area contributed by atoms with Crippen molar-refractivity contribution in [2.24, 2.45) is 11.1 Å².